The summed E-state index contributed by atoms with van der Waals surface area (Å²) in [5.74, 6) is 0. The minimum Gasteiger partial charge on any atom is -0.297 e. The normalized spacial score (nSPS) is 15.6. The van der Waals surface area contributed by atoms with Crippen LogP contribution >= 0.6 is 23.2 Å². The van der Waals surface area contributed by atoms with E-state index in [0.29, 0.717) is 10.0 Å². The van der Waals surface area contributed by atoms with Crippen LogP contribution in [0.2, 0.25) is 10.0 Å². The van der Waals surface area contributed by atoms with E-state index < -0.39 is 0 Å². The molecule has 3 aromatic rings. The van der Waals surface area contributed by atoms with Crippen molar-refractivity contribution in [3.63, 3.8) is 0 Å². The van der Waals surface area contributed by atoms with Gasteiger partial charge in [-0.3, -0.25) is 14.8 Å². The van der Waals surface area contributed by atoms with Gasteiger partial charge in [-0.1, -0.05) is 59.6 Å². The number of hydrogen-bond donors (Lipinski definition) is 0. The maximum atomic E-state index is 6.17. The van der Waals surface area contributed by atoms with E-state index in [4.69, 9.17) is 23.2 Å². The van der Waals surface area contributed by atoms with Gasteiger partial charge in [-0.2, -0.15) is 0 Å². The van der Waals surface area contributed by atoms with E-state index in [1.54, 1.807) is 0 Å². The Morgan fingerprint density at radius 3 is 2.04 bits per heavy atom. The molecule has 28 heavy (non-hydrogen) atoms. The number of halogens is 2. The molecule has 1 aliphatic rings. The number of nitrogens with zero attached hydrogens (tertiary/aromatic N) is 3. The molecular weight excluding hydrogens is 389 g/mol. The fraction of sp³-hybridized carbons (Fsp3) is 0.261. The van der Waals surface area contributed by atoms with Gasteiger partial charge < -0.3 is 0 Å². The minimum atomic E-state index is 0.569. The average molecular weight is 412 g/mol. The Balaban J connectivity index is 1.36. The fourth-order valence-electron chi connectivity index (χ4n) is 3.61. The number of aromatic nitrogens is 1. The summed E-state index contributed by atoms with van der Waals surface area (Å²) < 4.78 is 0. The molecule has 1 saturated heterocycles. The molecule has 0 saturated carbocycles. The predicted octanol–water partition coefficient (Wildman–Crippen LogP) is 5.37. The smallest absolute Gasteiger partial charge is 0.0598 e. The van der Waals surface area contributed by atoms with Crippen LogP contribution in [0.5, 0.6) is 0 Å². The highest BCUT2D eigenvalue weighted by atomic mass is 35.5. The van der Waals surface area contributed by atoms with Crippen molar-refractivity contribution in [2.45, 2.75) is 13.1 Å². The molecule has 1 fully saturated rings. The molecule has 0 bridgehead atoms. The Hall–Kier alpha value is -1.91. The molecule has 5 heteroatoms. The van der Waals surface area contributed by atoms with Crippen molar-refractivity contribution < 1.29 is 0 Å². The molecular formula is C23H23Cl2N3. The van der Waals surface area contributed by atoms with Crippen LogP contribution in [-0.4, -0.2) is 41.0 Å². The Bertz CT molecular complexity index is 922. The van der Waals surface area contributed by atoms with Gasteiger partial charge in [0.2, 0.25) is 0 Å². The molecule has 1 aromatic heterocycles. The Labute approximate surface area is 176 Å². The minimum absolute atomic E-state index is 0.569. The van der Waals surface area contributed by atoms with Crippen LogP contribution in [-0.2, 0) is 13.1 Å². The largest absolute Gasteiger partial charge is 0.297 e. The predicted molar refractivity (Wildman–Crippen MR) is 117 cm³/mol. The number of benzene rings is 2. The summed E-state index contributed by atoms with van der Waals surface area (Å²) in [6.45, 7) is 6.28. The van der Waals surface area contributed by atoms with E-state index in [-0.39, 0.29) is 0 Å². The third kappa shape index (κ3) is 4.92. The molecule has 0 amide bonds. The Kier molecular flexibility index (Phi) is 6.28. The number of pyridine rings is 1. The van der Waals surface area contributed by atoms with Gasteiger partial charge in [-0.25, -0.2) is 0 Å². The van der Waals surface area contributed by atoms with Gasteiger partial charge >= 0.3 is 0 Å². The van der Waals surface area contributed by atoms with Crippen LogP contribution in [0.3, 0.4) is 0 Å². The first kappa shape index (κ1) is 19.4. The second-order valence-corrected chi connectivity index (χ2v) is 8.06. The van der Waals surface area contributed by atoms with Crippen molar-refractivity contribution in [3.05, 3.63) is 88.2 Å². The summed E-state index contributed by atoms with van der Waals surface area (Å²) in [4.78, 5) is 9.46. The van der Waals surface area contributed by atoms with Crippen molar-refractivity contribution in [2.75, 3.05) is 26.2 Å². The van der Waals surface area contributed by atoms with Crippen LogP contribution in [0.4, 0.5) is 0 Å². The second-order valence-electron chi connectivity index (χ2n) is 7.25. The van der Waals surface area contributed by atoms with E-state index in [1.165, 1.54) is 11.1 Å². The van der Waals surface area contributed by atoms with Crippen LogP contribution in [0.25, 0.3) is 11.1 Å². The topological polar surface area (TPSA) is 19.4 Å². The van der Waals surface area contributed by atoms with Crippen molar-refractivity contribution in [1.29, 1.82) is 0 Å². The average Bonchev–Trinajstić information content (AvgIpc) is 2.72. The molecule has 0 radical (unpaired) electrons. The lowest BCUT2D eigenvalue weighted by Gasteiger charge is -2.34. The molecule has 2 heterocycles. The molecule has 0 unspecified atom stereocenters. The summed E-state index contributed by atoms with van der Waals surface area (Å²) in [6.07, 6.45) is 3.83. The summed E-state index contributed by atoms with van der Waals surface area (Å²) in [6, 6.07) is 18.6. The third-order valence-corrected chi connectivity index (χ3v) is 5.91. The monoisotopic (exact) mass is 411 g/mol. The van der Waals surface area contributed by atoms with Gasteiger partial charge in [-0.05, 0) is 34.9 Å². The lowest BCUT2D eigenvalue weighted by Crippen LogP contribution is -2.45. The summed E-state index contributed by atoms with van der Waals surface area (Å²) in [5.41, 5.74) is 4.71. The lowest BCUT2D eigenvalue weighted by atomic mass is 10.1. The van der Waals surface area contributed by atoms with E-state index in [1.807, 2.05) is 30.6 Å². The van der Waals surface area contributed by atoms with Crippen molar-refractivity contribution in [1.82, 2.24) is 14.8 Å². The van der Waals surface area contributed by atoms with Crippen LogP contribution in [0, 0.1) is 0 Å². The fourth-order valence-corrected chi connectivity index (χ4v) is 3.91. The van der Waals surface area contributed by atoms with Crippen LogP contribution < -0.4 is 0 Å². The number of rotatable bonds is 5. The molecule has 4 rings (SSSR count). The van der Waals surface area contributed by atoms with Crippen molar-refractivity contribution >= 4 is 23.2 Å². The lowest BCUT2D eigenvalue weighted by molar-refractivity contribution is 0.122. The zero-order valence-electron chi connectivity index (χ0n) is 15.7. The van der Waals surface area contributed by atoms with Gasteiger partial charge in [0.1, 0.15) is 0 Å². The first-order chi connectivity index (χ1) is 13.7. The quantitative estimate of drug-likeness (QED) is 0.562. The summed E-state index contributed by atoms with van der Waals surface area (Å²) >= 11 is 12.2. The highest BCUT2D eigenvalue weighted by Gasteiger charge is 2.17. The maximum absolute atomic E-state index is 6.17. The Morgan fingerprint density at radius 1 is 0.679 bits per heavy atom. The van der Waals surface area contributed by atoms with E-state index in [2.05, 4.69) is 51.2 Å². The van der Waals surface area contributed by atoms with Gasteiger partial charge in [0.15, 0.2) is 0 Å². The molecule has 3 nitrogen and oxygen atoms in total. The number of piperazine rings is 1. The first-order valence-electron chi connectivity index (χ1n) is 9.55. The van der Waals surface area contributed by atoms with Crippen LogP contribution in [0.1, 0.15) is 11.1 Å². The Morgan fingerprint density at radius 2 is 1.36 bits per heavy atom. The highest BCUT2D eigenvalue weighted by Crippen LogP contribution is 2.28. The van der Waals surface area contributed by atoms with Gasteiger partial charge in [0, 0.05) is 57.2 Å². The first-order valence-corrected chi connectivity index (χ1v) is 10.3. The molecule has 0 aliphatic carbocycles. The summed E-state index contributed by atoms with van der Waals surface area (Å²) in [7, 11) is 0. The zero-order valence-corrected chi connectivity index (χ0v) is 17.2. The van der Waals surface area contributed by atoms with E-state index in [0.717, 1.165) is 50.4 Å². The standard InChI is InChI=1S/C23H23Cl2N3/c24-22-7-6-20(13-23(22)25)21-12-19(14-26-15-21)17-28-10-8-27(9-11-28)16-18-4-2-1-3-5-18/h1-7,12-15H,8-11,16-17H2. The molecule has 144 valence electrons. The second kappa shape index (κ2) is 9.06. The molecule has 2 aromatic carbocycles. The van der Waals surface area contributed by atoms with E-state index >= 15 is 0 Å². The molecule has 0 N–H and O–H groups in total. The van der Waals surface area contributed by atoms with Gasteiger partial charge in [-0.15, -0.1) is 0 Å². The van der Waals surface area contributed by atoms with Crippen molar-refractivity contribution in [3.8, 4) is 11.1 Å². The van der Waals surface area contributed by atoms with Crippen molar-refractivity contribution in [2.24, 2.45) is 0 Å². The van der Waals surface area contributed by atoms with E-state index in [9.17, 15) is 0 Å². The number of hydrogen-bond acceptors (Lipinski definition) is 3. The van der Waals surface area contributed by atoms with Gasteiger partial charge in [0.25, 0.3) is 0 Å². The zero-order chi connectivity index (χ0) is 19.3. The van der Waals surface area contributed by atoms with Crippen LogP contribution in [0.15, 0.2) is 67.0 Å². The molecule has 0 atom stereocenters. The maximum Gasteiger partial charge on any atom is 0.0598 e. The SMILES string of the molecule is Clc1ccc(-c2cncc(CN3CCN(Cc4ccccc4)CC3)c2)cc1Cl. The summed E-state index contributed by atoms with van der Waals surface area (Å²) in [5, 5.41) is 1.14. The highest BCUT2D eigenvalue weighted by molar-refractivity contribution is 6.42. The third-order valence-electron chi connectivity index (χ3n) is 5.17. The van der Waals surface area contributed by atoms with Gasteiger partial charge in [0.05, 0.1) is 10.0 Å². The molecule has 0 spiro atoms. The molecule has 1 aliphatic heterocycles.